The van der Waals surface area contributed by atoms with Crippen molar-refractivity contribution in [1.82, 2.24) is 10.3 Å². The van der Waals surface area contributed by atoms with Crippen molar-refractivity contribution in [3.63, 3.8) is 0 Å². The first-order valence-electron chi connectivity index (χ1n) is 12.8. The van der Waals surface area contributed by atoms with Gasteiger partial charge in [-0.3, -0.25) is 4.98 Å². The van der Waals surface area contributed by atoms with Gasteiger partial charge in [0, 0.05) is 12.5 Å². The quantitative estimate of drug-likeness (QED) is 0.404. The summed E-state index contributed by atoms with van der Waals surface area (Å²) in [5, 5.41) is 2.84. The number of hydrogen-bond acceptors (Lipinski definition) is 5. The second-order valence-electron chi connectivity index (χ2n) is 10.8. The fourth-order valence-corrected chi connectivity index (χ4v) is 4.85. The number of carbonyl (C=O) groups excluding carboxylic acids is 1. The van der Waals surface area contributed by atoms with Gasteiger partial charge < -0.3 is 19.4 Å². The van der Waals surface area contributed by atoms with E-state index in [1.807, 2.05) is 52.0 Å². The van der Waals surface area contributed by atoms with Crippen molar-refractivity contribution in [3.8, 4) is 11.1 Å². The van der Waals surface area contributed by atoms with Crippen molar-refractivity contribution in [2.75, 3.05) is 13.2 Å². The number of carbonyl (C=O) groups is 1. The van der Waals surface area contributed by atoms with Crippen molar-refractivity contribution in [1.29, 1.82) is 0 Å². The van der Waals surface area contributed by atoms with Gasteiger partial charge in [0.15, 0.2) is 0 Å². The molecule has 0 saturated carbocycles. The second kappa shape index (κ2) is 10.0. The van der Waals surface area contributed by atoms with Gasteiger partial charge in [0.2, 0.25) is 0 Å². The van der Waals surface area contributed by atoms with Crippen LogP contribution >= 0.6 is 0 Å². The highest BCUT2D eigenvalue weighted by atomic mass is 19.1. The van der Waals surface area contributed by atoms with E-state index >= 15 is 0 Å². The topological polar surface area (TPSA) is 69.7 Å². The minimum Gasteiger partial charge on any atom is -0.449 e. The Labute approximate surface area is 223 Å². The number of nitrogens with one attached hydrogen (secondary N) is 1. The summed E-state index contributed by atoms with van der Waals surface area (Å²) in [5.41, 5.74) is 5.00. The summed E-state index contributed by atoms with van der Waals surface area (Å²) < 4.78 is 31.9. The zero-order chi connectivity index (χ0) is 27.1. The molecule has 1 aromatic heterocycles. The van der Waals surface area contributed by atoms with E-state index in [9.17, 15) is 9.18 Å². The molecule has 2 aliphatic rings. The maximum Gasteiger partial charge on any atom is 0.492 e. The number of alkyl carbamates (subject to hydrolysis) is 1. The third kappa shape index (κ3) is 4.98. The summed E-state index contributed by atoms with van der Waals surface area (Å²) in [6, 6.07) is 19.4. The average molecular weight is 514 g/mol. The Kier molecular flexibility index (Phi) is 6.88. The molecular weight excluding hydrogens is 482 g/mol. The Morgan fingerprint density at radius 3 is 2.16 bits per heavy atom. The summed E-state index contributed by atoms with van der Waals surface area (Å²) in [7, 11) is -0.707. The van der Waals surface area contributed by atoms with Gasteiger partial charge in [0.25, 0.3) is 0 Å². The lowest BCUT2D eigenvalue weighted by Gasteiger charge is -2.32. The summed E-state index contributed by atoms with van der Waals surface area (Å²) in [4.78, 5) is 17.2. The van der Waals surface area contributed by atoms with Crippen molar-refractivity contribution in [2.24, 2.45) is 0 Å². The number of ether oxygens (including phenoxy) is 1. The molecule has 1 fully saturated rings. The average Bonchev–Trinajstić information content (AvgIpc) is 3.31. The van der Waals surface area contributed by atoms with Crippen LogP contribution in [-0.2, 0) is 14.0 Å². The number of benzene rings is 2. The van der Waals surface area contributed by atoms with Gasteiger partial charge in [-0.1, -0.05) is 48.5 Å². The maximum absolute atomic E-state index is 13.8. The van der Waals surface area contributed by atoms with Crippen LogP contribution in [0.25, 0.3) is 17.2 Å². The van der Waals surface area contributed by atoms with Crippen molar-refractivity contribution < 1.29 is 23.2 Å². The van der Waals surface area contributed by atoms with Crippen LogP contribution in [0.15, 0.2) is 66.1 Å². The Morgan fingerprint density at radius 1 is 1.00 bits per heavy atom. The molecule has 0 atom stereocenters. The zero-order valence-corrected chi connectivity index (χ0v) is 22.4. The minimum absolute atomic E-state index is 0.0300. The van der Waals surface area contributed by atoms with Crippen LogP contribution in [-0.4, -0.2) is 42.5 Å². The number of hydrogen-bond donors (Lipinski definition) is 1. The van der Waals surface area contributed by atoms with Crippen LogP contribution in [0.5, 0.6) is 0 Å². The first-order valence-corrected chi connectivity index (χ1v) is 12.8. The van der Waals surface area contributed by atoms with E-state index in [0.717, 1.165) is 11.1 Å². The third-order valence-corrected chi connectivity index (χ3v) is 7.71. The first-order chi connectivity index (χ1) is 18.1. The van der Waals surface area contributed by atoms with E-state index in [-0.39, 0.29) is 30.6 Å². The van der Waals surface area contributed by atoms with E-state index < -0.39 is 24.4 Å². The zero-order valence-electron chi connectivity index (χ0n) is 22.4. The molecule has 6 nitrogen and oxygen atoms in total. The number of aromatic nitrogens is 1. The smallest absolute Gasteiger partial charge is 0.449 e. The molecule has 8 heteroatoms. The van der Waals surface area contributed by atoms with Crippen molar-refractivity contribution in [2.45, 2.75) is 51.7 Å². The van der Waals surface area contributed by atoms with Crippen LogP contribution in [0.4, 0.5) is 9.18 Å². The molecule has 0 spiro atoms. The van der Waals surface area contributed by atoms with Gasteiger partial charge >= 0.3 is 13.2 Å². The molecule has 0 bridgehead atoms. The molecule has 1 aliphatic heterocycles. The lowest BCUT2D eigenvalue weighted by atomic mass is 9.77. The van der Waals surface area contributed by atoms with Gasteiger partial charge in [0.05, 0.1) is 22.6 Å². The van der Waals surface area contributed by atoms with E-state index in [0.29, 0.717) is 11.2 Å². The normalized spacial score (nSPS) is 17.7. The SMILES string of the molecule is Cc1nc(C=C(CNC(=O)OCC2c3ccccc3-c3ccccc32)B2OC(C)(C)C(C)(C)O2)ccc1F. The highest BCUT2D eigenvalue weighted by molar-refractivity contribution is 6.56. The number of pyridine rings is 1. The van der Waals surface area contributed by atoms with Crippen LogP contribution in [0.1, 0.15) is 56.1 Å². The lowest BCUT2D eigenvalue weighted by molar-refractivity contribution is 0.00578. The molecule has 5 rings (SSSR count). The van der Waals surface area contributed by atoms with Gasteiger partial charge in [-0.05, 0) is 80.6 Å². The summed E-state index contributed by atoms with van der Waals surface area (Å²) in [5.74, 6) is -0.409. The molecule has 2 heterocycles. The Morgan fingerprint density at radius 2 is 1.58 bits per heavy atom. The molecule has 2 aromatic carbocycles. The third-order valence-electron chi connectivity index (χ3n) is 7.71. The predicted molar refractivity (Wildman–Crippen MR) is 146 cm³/mol. The molecule has 38 heavy (non-hydrogen) atoms. The van der Waals surface area contributed by atoms with Crippen molar-refractivity contribution in [3.05, 3.63) is 94.5 Å². The standard InChI is InChI=1S/C30H32BFN2O4/c1-19-27(32)15-14-21(34-19)16-20(31-37-29(2,3)30(4,5)38-31)17-33-28(35)36-18-26-24-12-8-6-10-22(24)23-11-7-9-13-25(23)26/h6-16,26H,17-18H2,1-5H3,(H,33,35). The van der Waals surface area contributed by atoms with Crippen LogP contribution < -0.4 is 5.32 Å². The highest BCUT2D eigenvalue weighted by Crippen LogP contribution is 2.44. The van der Waals surface area contributed by atoms with Gasteiger partial charge in [-0.25, -0.2) is 9.18 Å². The number of nitrogens with zero attached hydrogens (tertiary/aromatic N) is 1. The fourth-order valence-electron chi connectivity index (χ4n) is 4.85. The number of amides is 1. The van der Waals surface area contributed by atoms with E-state index in [1.54, 1.807) is 19.1 Å². The van der Waals surface area contributed by atoms with Gasteiger partial charge in [-0.15, -0.1) is 0 Å². The Bertz CT molecular complexity index is 1340. The number of fused-ring (bicyclic) bond motifs is 3. The number of halogens is 1. The monoisotopic (exact) mass is 514 g/mol. The minimum atomic E-state index is -0.707. The summed E-state index contributed by atoms with van der Waals surface area (Å²) in [6.45, 7) is 9.79. The molecule has 1 aliphatic carbocycles. The Balaban J connectivity index is 1.30. The van der Waals surface area contributed by atoms with Crippen LogP contribution in [0.2, 0.25) is 0 Å². The van der Waals surface area contributed by atoms with E-state index in [4.69, 9.17) is 14.0 Å². The molecule has 1 N–H and O–H groups in total. The molecule has 0 radical (unpaired) electrons. The predicted octanol–water partition coefficient (Wildman–Crippen LogP) is 6.08. The molecule has 1 amide bonds. The van der Waals surface area contributed by atoms with Crippen LogP contribution in [0, 0.1) is 12.7 Å². The summed E-state index contributed by atoms with van der Waals surface area (Å²) >= 11 is 0. The fraction of sp³-hybridized carbons (Fsp3) is 0.333. The molecule has 3 aromatic rings. The largest absolute Gasteiger partial charge is 0.492 e. The van der Waals surface area contributed by atoms with Gasteiger partial charge in [-0.2, -0.15) is 0 Å². The molecular formula is C30H32BFN2O4. The molecule has 196 valence electrons. The number of rotatable bonds is 6. The number of aryl methyl sites for hydroxylation is 1. The van der Waals surface area contributed by atoms with E-state index in [2.05, 4.69) is 34.6 Å². The van der Waals surface area contributed by atoms with Crippen molar-refractivity contribution >= 4 is 19.3 Å². The molecule has 1 saturated heterocycles. The first kappa shape index (κ1) is 26.1. The second-order valence-corrected chi connectivity index (χ2v) is 10.8. The van der Waals surface area contributed by atoms with Gasteiger partial charge in [0.1, 0.15) is 12.4 Å². The lowest BCUT2D eigenvalue weighted by Crippen LogP contribution is -2.41. The Hall–Kier alpha value is -3.49. The summed E-state index contributed by atoms with van der Waals surface area (Å²) in [6.07, 6.45) is 1.22. The van der Waals surface area contributed by atoms with Crippen LogP contribution in [0.3, 0.4) is 0 Å². The molecule has 0 unspecified atom stereocenters. The maximum atomic E-state index is 13.8. The highest BCUT2D eigenvalue weighted by Gasteiger charge is 2.52. The van der Waals surface area contributed by atoms with E-state index in [1.165, 1.54) is 17.2 Å².